The predicted octanol–water partition coefficient (Wildman–Crippen LogP) is 1.85. The van der Waals surface area contributed by atoms with E-state index in [0.29, 0.717) is 29.7 Å². The molecule has 4 rings (SSSR count). The number of anilines is 1. The van der Waals surface area contributed by atoms with Crippen LogP contribution >= 0.6 is 0 Å². The molecular formula is C19H19FN4O2. The van der Waals surface area contributed by atoms with Gasteiger partial charge < -0.3 is 19.7 Å². The van der Waals surface area contributed by atoms with Crippen LogP contribution in [-0.4, -0.2) is 43.4 Å². The lowest BCUT2D eigenvalue weighted by molar-refractivity contribution is 0.189. The van der Waals surface area contributed by atoms with Gasteiger partial charge in [0.15, 0.2) is 0 Å². The van der Waals surface area contributed by atoms with Crippen LogP contribution in [0, 0.1) is 17.1 Å². The maximum atomic E-state index is 14.0. The van der Waals surface area contributed by atoms with Gasteiger partial charge in [0.2, 0.25) is 5.88 Å². The zero-order valence-corrected chi connectivity index (χ0v) is 14.2. The van der Waals surface area contributed by atoms with Gasteiger partial charge in [0.05, 0.1) is 36.9 Å². The van der Waals surface area contributed by atoms with Crippen LogP contribution in [0.2, 0.25) is 0 Å². The normalized spacial score (nSPS) is 21.9. The van der Waals surface area contributed by atoms with Crippen molar-refractivity contribution in [1.29, 1.82) is 5.26 Å². The van der Waals surface area contributed by atoms with E-state index in [2.05, 4.69) is 15.2 Å². The van der Waals surface area contributed by atoms with Gasteiger partial charge in [-0.3, -0.25) is 0 Å². The number of piperazine rings is 1. The Kier molecular flexibility index (Phi) is 4.69. The van der Waals surface area contributed by atoms with Crippen molar-refractivity contribution in [1.82, 2.24) is 10.3 Å². The topological polar surface area (TPSA) is 70.4 Å². The maximum Gasteiger partial charge on any atom is 0.215 e. The van der Waals surface area contributed by atoms with E-state index in [1.54, 1.807) is 18.2 Å². The van der Waals surface area contributed by atoms with E-state index in [1.165, 1.54) is 6.07 Å². The number of nitrogens with zero attached hydrogens (tertiary/aromatic N) is 3. The Morgan fingerprint density at radius 2 is 2.27 bits per heavy atom. The number of halogens is 1. The molecule has 2 aromatic rings. The maximum absolute atomic E-state index is 14.0. The van der Waals surface area contributed by atoms with Crippen LogP contribution in [0.25, 0.3) is 0 Å². The van der Waals surface area contributed by atoms with E-state index in [-0.39, 0.29) is 12.6 Å². The molecule has 2 fully saturated rings. The van der Waals surface area contributed by atoms with Crippen molar-refractivity contribution < 1.29 is 13.9 Å². The number of hydrogen-bond donors (Lipinski definition) is 1. The fourth-order valence-corrected chi connectivity index (χ4v) is 3.40. The van der Waals surface area contributed by atoms with Gasteiger partial charge in [-0.2, -0.15) is 10.2 Å². The molecule has 2 aliphatic rings. The van der Waals surface area contributed by atoms with E-state index >= 15 is 0 Å². The van der Waals surface area contributed by atoms with Crippen LogP contribution in [0.5, 0.6) is 5.88 Å². The Morgan fingerprint density at radius 3 is 3.12 bits per heavy atom. The van der Waals surface area contributed by atoms with Crippen molar-refractivity contribution in [2.75, 3.05) is 31.2 Å². The third-order valence-corrected chi connectivity index (χ3v) is 4.77. The fourth-order valence-electron chi connectivity index (χ4n) is 3.40. The summed E-state index contributed by atoms with van der Waals surface area (Å²) >= 11 is 0. The Labute approximate surface area is 151 Å². The lowest BCUT2D eigenvalue weighted by Crippen LogP contribution is -2.57. The van der Waals surface area contributed by atoms with Crippen LogP contribution < -0.4 is 15.0 Å². The van der Waals surface area contributed by atoms with Gasteiger partial charge in [0, 0.05) is 24.7 Å². The van der Waals surface area contributed by atoms with Crippen LogP contribution in [-0.2, 0) is 11.3 Å². The summed E-state index contributed by atoms with van der Waals surface area (Å²) in [6.45, 7) is 3.19. The van der Waals surface area contributed by atoms with Gasteiger partial charge in [0.1, 0.15) is 18.2 Å². The fraction of sp³-hybridized carbons (Fsp3) is 0.368. The SMILES string of the molecule is N#Cc1ccc(COc2cccc(N3CCN[C@H]4COC[C@H]43)n2)c(F)c1. The number of aromatic nitrogens is 1. The second-order valence-electron chi connectivity index (χ2n) is 6.40. The van der Waals surface area contributed by atoms with E-state index in [1.807, 2.05) is 18.2 Å². The highest BCUT2D eigenvalue weighted by Crippen LogP contribution is 2.24. The van der Waals surface area contributed by atoms with Gasteiger partial charge in [-0.1, -0.05) is 12.1 Å². The molecule has 134 valence electrons. The number of hydrogen-bond acceptors (Lipinski definition) is 6. The summed E-state index contributed by atoms with van der Waals surface area (Å²) in [6, 6.07) is 12.5. The Hall–Kier alpha value is -2.69. The molecule has 0 unspecified atom stereocenters. The van der Waals surface area contributed by atoms with E-state index in [0.717, 1.165) is 25.5 Å². The van der Waals surface area contributed by atoms with Crippen LogP contribution in [0.1, 0.15) is 11.1 Å². The standard InChI is InChI=1S/C19H19FN4O2/c20-15-8-13(9-21)4-5-14(15)10-26-19-3-1-2-18(23-19)24-7-6-22-16-11-25-12-17(16)24/h1-5,8,16-17,22H,6-7,10-12H2/t16-,17+/m0/s1. The second-order valence-corrected chi connectivity index (χ2v) is 6.40. The number of benzene rings is 1. The minimum Gasteiger partial charge on any atom is -0.473 e. The highest BCUT2D eigenvalue weighted by atomic mass is 19.1. The zero-order chi connectivity index (χ0) is 17.9. The minimum absolute atomic E-state index is 0.0602. The third kappa shape index (κ3) is 3.34. The number of pyridine rings is 1. The molecule has 2 atom stereocenters. The lowest BCUT2D eigenvalue weighted by Gasteiger charge is -2.37. The van der Waals surface area contributed by atoms with Crippen LogP contribution in [0.4, 0.5) is 10.2 Å². The van der Waals surface area contributed by atoms with Gasteiger partial charge in [-0.15, -0.1) is 0 Å². The summed E-state index contributed by atoms with van der Waals surface area (Å²) in [6.07, 6.45) is 0. The molecule has 2 aliphatic heterocycles. The molecule has 2 saturated heterocycles. The van der Waals surface area contributed by atoms with Gasteiger partial charge in [0.25, 0.3) is 0 Å². The summed E-state index contributed by atoms with van der Waals surface area (Å²) in [5, 5.41) is 12.3. The zero-order valence-electron chi connectivity index (χ0n) is 14.2. The Balaban J connectivity index is 1.47. The summed E-state index contributed by atoms with van der Waals surface area (Å²) in [5.74, 6) is 0.832. The van der Waals surface area contributed by atoms with Gasteiger partial charge in [-0.25, -0.2) is 4.39 Å². The average molecular weight is 354 g/mol. The lowest BCUT2D eigenvalue weighted by atomic mass is 10.1. The van der Waals surface area contributed by atoms with Crippen LogP contribution in [0.15, 0.2) is 36.4 Å². The molecule has 0 radical (unpaired) electrons. The van der Waals surface area contributed by atoms with Crippen LogP contribution in [0.3, 0.4) is 0 Å². The molecule has 7 heteroatoms. The van der Waals surface area contributed by atoms with E-state index < -0.39 is 5.82 Å². The number of nitrogens with one attached hydrogen (secondary N) is 1. The minimum atomic E-state index is -0.451. The largest absolute Gasteiger partial charge is 0.473 e. The van der Waals surface area contributed by atoms with Crippen molar-refractivity contribution in [3.8, 4) is 11.9 Å². The number of ether oxygens (including phenoxy) is 2. The van der Waals surface area contributed by atoms with Crippen molar-refractivity contribution in [2.45, 2.75) is 18.7 Å². The number of nitriles is 1. The smallest absolute Gasteiger partial charge is 0.215 e. The summed E-state index contributed by atoms with van der Waals surface area (Å²) in [5.41, 5.74) is 0.682. The summed E-state index contributed by atoms with van der Waals surface area (Å²) < 4.78 is 25.2. The van der Waals surface area contributed by atoms with Gasteiger partial charge in [-0.05, 0) is 18.2 Å². The predicted molar refractivity (Wildman–Crippen MR) is 93.4 cm³/mol. The summed E-state index contributed by atoms with van der Waals surface area (Å²) in [4.78, 5) is 6.82. The first-order valence-electron chi connectivity index (χ1n) is 8.61. The van der Waals surface area contributed by atoms with Crippen molar-refractivity contribution in [2.24, 2.45) is 0 Å². The first-order chi connectivity index (χ1) is 12.7. The molecule has 1 N–H and O–H groups in total. The Bertz CT molecular complexity index is 839. The van der Waals surface area contributed by atoms with Crippen molar-refractivity contribution in [3.05, 3.63) is 53.3 Å². The van der Waals surface area contributed by atoms with Gasteiger partial charge >= 0.3 is 0 Å². The first kappa shape index (κ1) is 16.8. The molecule has 0 saturated carbocycles. The van der Waals surface area contributed by atoms with E-state index in [4.69, 9.17) is 14.7 Å². The number of rotatable bonds is 4. The van der Waals surface area contributed by atoms with Crippen molar-refractivity contribution in [3.63, 3.8) is 0 Å². The third-order valence-electron chi connectivity index (χ3n) is 4.77. The first-order valence-corrected chi connectivity index (χ1v) is 8.61. The Morgan fingerprint density at radius 1 is 1.35 bits per heavy atom. The summed E-state index contributed by atoms with van der Waals surface area (Å²) in [7, 11) is 0. The number of fused-ring (bicyclic) bond motifs is 1. The quantitative estimate of drug-likeness (QED) is 0.904. The molecule has 1 aromatic carbocycles. The molecule has 0 aliphatic carbocycles. The molecule has 0 spiro atoms. The molecule has 26 heavy (non-hydrogen) atoms. The molecule has 0 bridgehead atoms. The monoisotopic (exact) mass is 354 g/mol. The molecule has 1 aromatic heterocycles. The van der Waals surface area contributed by atoms with E-state index in [9.17, 15) is 4.39 Å². The molecule has 3 heterocycles. The average Bonchev–Trinajstić information content (AvgIpc) is 3.16. The van der Waals surface area contributed by atoms with Crippen molar-refractivity contribution >= 4 is 5.82 Å². The molecule has 6 nitrogen and oxygen atoms in total. The highest BCUT2D eigenvalue weighted by Gasteiger charge is 2.36. The second kappa shape index (κ2) is 7.28. The molecular weight excluding hydrogens is 335 g/mol. The highest BCUT2D eigenvalue weighted by molar-refractivity contribution is 5.44. The molecule has 0 amide bonds.